The third-order valence-corrected chi connectivity index (χ3v) is 6.31. The summed E-state index contributed by atoms with van der Waals surface area (Å²) in [6.07, 6.45) is 0. The predicted molar refractivity (Wildman–Crippen MR) is 123 cm³/mol. The molecule has 1 aliphatic heterocycles. The zero-order valence-corrected chi connectivity index (χ0v) is 18.2. The Hall–Kier alpha value is -2.92. The second-order valence-corrected chi connectivity index (χ2v) is 8.49. The van der Waals surface area contributed by atoms with Gasteiger partial charge in [0.05, 0.1) is 17.9 Å². The first-order valence-corrected chi connectivity index (χ1v) is 11.1. The maximum Gasteiger partial charge on any atom is 0.146 e. The van der Waals surface area contributed by atoms with Gasteiger partial charge < -0.3 is 10.0 Å². The number of aliphatic hydroxyl groups excluding tert-OH is 1. The number of aromatic nitrogens is 1. The highest BCUT2D eigenvalue weighted by Crippen LogP contribution is 2.28. The van der Waals surface area contributed by atoms with Gasteiger partial charge in [-0.15, -0.1) is 11.3 Å². The van der Waals surface area contributed by atoms with Gasteiger partial charge >= 0.3 is 0 Å². The van der Waals surface area contributed by atoms with E-state index in [1.54, 1.807) is 24.3 Å². The number of anilines is 1. The Bertz CT molecular complexity index is 1130. The van der Waals surface area contributed by atoms with Crippen molar-refractivity contribution in [3.63, 3.8) is 0 Å². The lowest BCUT2D eigenvalue weighted by atomic mass is 10.2. The van der Waals surface area contributed by atoms with Crippen molar-refractivity contribution < 1.29 is 9.50 Å². The number of rotatable bonds is 5. The molecule has 1 N–H and O–H groups in total. The van der Waals surface area contributed by atoms with Crippen LogP contribution in [-0.4, -0.2) is 47.7 Å². The molecule has 1 fully saturated rings. The standard InChI is InChI=1S/C23H20ClFN4OS/c24-17-7-5-16(6-8-17)20-15-31-23(27-20)18(13-26)22(30)14-28-9-11-29(12-10-28)21-4-2-1-3-19(21)25/h1-8,15,30H,9-12,14H2. The maximum atomic E-state index is 14.0. The summed E-state index contributed by atoms with van der Waals surface area (Å²) in [6.45, 7) is 2.86. The van der Waals surface area contributed by atoms with Crippen LogP contribution in [0.5, 0.6) is 0 Å². The topological polar surface area (TPSA) is 63.4 Å². The molecule has 0 radical (unpaired) electrons. The van der Waals surface area contributed by atoms with E-state index < -0.39 is 0 Å². The van der Waals surface area contributed by atoms with Crippen LogP contribution < -0.4 is 4.90 Å². The molecule has 4 rings (SSSR count). The lowest BCUT2D eigenvalue weighted by Gasteiger charge is -2.36. The second kappa shape index (κ2) is 9.48. The minimum atomic E-state index is -0.231. The van der Waals surface area contributed by atoms with Crippen molar-refractivity contribution >= 4 is 34.2 Å². The summed E-state index contributed by atoms with van der Waals surface area (Å²) in [5.41, 5.74) is 2.41. The summed E-state index contributed by atoms with van der Waals surface area (Å²) in [7, 11) is 0. The van der Waals surface area contributed by atoms with E-state index in [0.717, 1.165) is 11.3 Å². The molecule has 158 valence electrons. The smallest absolute Gasteiger partial charge is 0.146 e. The fourth-order valence-corrected chi connectivity index (χ4v) is 4.49. The first-order valence-electron chi connectivity index (χ1n) is 9.81. The van der Waals surface area contributed by atoms with Crippen molar-refractivity contribution in [2.75, 3.05) is 37.6 Å². The Labute approximate surface area is 189 Å². The number of nitrogens with zero attached hydrogens (tertiary/aromatic N) is 4. The van der Waals surface area contributed by atoms with E-state index in [-0.39, 0.29) is 23.7 Å². The van der Waals surface area contributed by atoms with Crippen LogP contribution in [0.15, 0.2) is 59.7 Å². The molecule has 3 aromatic rings. The van der Waals surface area contributed by atoms with Gasteiger partial charge in [0.25, 0.3) is 0 Å². The van der Waals surface area contributed by atoms with Crippen molar-refractivity contribution in [3.8, 4) is 17.3 Å². The number of hydrogen-bond acceptors (Lipinski definition) is 6. The summed E-state index contributed by atoms with van der Waals surface area (Å²) in [5, 5.41) is 23.3. The molecule has 31 heavy (non-hydrogen) atoms. The van der Waals surface area contributed by atoms with Crippen LogP contribution in [0.4, 0.5) is 10.1 Å². The van der Waals surface area contributed by atoms with Crippen LogP contribution in [0.1, 0.15) is 5.01 Å². The van der Waals surface area contributed by atoms with Crippen LogP contribution in [0.25, 0.3) is 16.8 Å². The average molecular weight is 455 g/mol. The van der Waals surface area contributed by atoms with Crippen molar-refractivity contribution in [3.05, 3.63) is 75.5 Å². The Balaban J connectivity index is 1.44. The Morgan fingerprint density at radius 3 is 2.52 bits per heavy atom. The SMILES string of the molecule is N#CC(=C(O)CN1CCN(c2ccccc2F)CC1)c1nc(-c2ccc(Cl)cc2)cs1. The highest BCUT2D eigenvalue weighted by Gasteiger charge is 2.22. The van der Waals surface area contributed by atoms with Crippen LogP contribution in [0, 0.1) is 17.1 Å². The molecule has 0 amide bonds. The van der Waals surface area contributed by atoms with Gasteiger partial charge in [0.15, 0.2) is 0 Å². The van der Waals surface area contributed by atoms with E-state index in [4.69, 9.17) is 11.6 Å². The number of nitriles is 1. The van der Waals surface area contributed by atoms with Crippen LogP contribution in [0.3, 0.4) is 0 Å². The van der Waals surface area contributed by atoms with E-state index in [0.29, 0.717) is 41.9 Å². The van der Waals surface area contributed by atoms with Gasteiger partial charge in [0, 0.05) is 42.1 Å². The monoisotopic (exact) mass is 454 g/mol. The second-order valence-electron chi connectivity index (χ2n) is 7.19. The molecular formula is C23H20ClFN4OS. The fraction of sp³-hybridized carbons (Fsp3) is 0.217. The normalized spacial score (nSPS) is 15.5. The average Bonchev–Trinajstić information content (AvgIpc) is 3.25. The molecule has 1 aliphatic rings. The molecule has 1 saturated heterocycles. The van der Waals surface area contributed by atoms with Gasteiger partial charge in [-0.25, -0.2) is 9.37 Å². The fourth-order valence-electron chi connectivity index (χ4n) is 3.52. The lowest BCUT2D eigenvalue weighted by molar-refractivity contribution is 0.238. The van der Waals surface area contributed by atoms with Gasteiger partial charge in [-0.3, -0.25) is 4.90 Å². The minimum Gasteiger partial charge on any atom is -0.509 e. The molecule has 0 aliphatic carbocycles. The number of benzene rings is 2. The molecule has 5 nitrogen and oxygen atoms in total. The molecule has 2 aromatic carbocycles. The first kappa shape index (κ1) is 21.3. The van der Waals surface area contributed by atoms with Gasteiger partial charge in [-0.1, -0.05) is 35.9 Å². The first-order chi connectivity index (χ1) is 15.0. The lowest BCUT2D eigenvalue weighted by Crippen LogP contribution is -2.47. The van der Waals surface area contributed by atoms with E-state index in [9.17, 15) is 14.8 Å². The molecule has 0 spiro atoms. The minimum absolute atomic E-state index is 0.00107. The number of aliphatic hydroxyl groups is 1. The third kappa shape index (κ3) is 4.88. The Morgan fingerprint density at radius 2 is 1.84 bits per heavy atom. The van der Waals surface area contributed by atoms with Gasteiger partial charge in [0.2, 0.25) is 0 Å². The van der Waals surface area contributed by atoms with Crippen molar-refractivity contribution in [1.82, 2.24) is 9.88 Å². The zero-order valence-electron chi connectivity index (χ0n) is 16.6. The van der Waals surface area contributed by atoms with E-state index in [1.807, 2.05) is 28.5 Å². The van der Waals surface area contributed by atoms with E-state index in [2.05, 4.69) is 16.0 Å². The van der Waals surface area contributed by atoms with Crippen molar-refractivity contribution in [2.24, 2.45) is 0 Å². The summed E-state index contributed by atoms with van der Waals surface area (Å²) < 4.78 is 14.0. The predicted octanol–water partition coefficient (Wildman–Crippen LogP) is 5.22. The molecule has 0 bridgehead atoms. The highest BCUT2D eigenvalue weighted by molar-refractivity contribution is 7.11. The molecule has 8 heteroatoms. The summed E-state index contributed by atoms with van der Waals surface area (Å²) >= 11 is 7.25. The van der Waals surface area contributed by atoms with Crippen molar-refractivity contribution in [1.29, 1.82) is 5.26 Å². The molecule has 0 atom stereocenters. The van der Waals surface area contributed by atoms with Crippen molar-refractivity contribution in [2.45, 2.75) is 0 Å². The number of piperazine rings is 1. The summed E-state index contributed by atoms with van der Waals surface area (Å²) in [5.74, 6) is -0.232. The number of para-hydroxylation sites is 1. The zero-order chi connectivity index (χ0) is 21.8. The quantitative estimate of drug-likeness (QED) is 0.423. The number of thiazole rings is 1. The molecule has 1 aromatic heterocycles. The number of halogens is 2. The summed E-state index contributed by atoms with van der Waals surface area (Å²) in [4.78, 5) is 8.57. The molecule has 0 saturated carbocycles. The van der Waals surface area contributed by atoms with Crippen LogP contribution in [0.2, 0.25) is 5.02 Å². The Kier molecular flexibility index (Phi) is 6.52. The number of allylic oxidation sites excluding steroid dienone is 1. The van der Waals surface area contributed by atoms with Gasteiger partial charge in [-0.2, -0.15) is 5.26 Å². The van der Waals surface area contributed by atoms with Gasteiger partial charge in [0.1, 0.15) is 28.2 Å². The maximum absolute atomic E-state index is 14.0. The molecular weight excluding hydrogens is 435 g/mol. The van der Waals surface area contributed by atoms with Crippen LogP contribution >= 0.6 is 22.9 Å². The largest absolute Gasteiger partial charge is 0.509 e. The molecule has 2 heterocycles. The van der Waals surface area contributed by atoms with Gasteiger partial charge in [-0.05, 0) is 24.3 Å². The number of hydrogen-bond donors (Lipinski definition) is 1. The highest BCUT2D eigenvalue weighted by atomic mass is 35.5. The van der Waals surface area contributed by atoms with E-state index >= 15 is 0 Å². The molecule has 0 unspecified atom stereocenters. The Morgan fingerprint density at radius 1 is 1.13 bits per heavy atom. The third-order valence-electron chi connectivity index (χ3n) is 5.20. The van der Waals surface area contributed by atoms with Crippen LogP contribution in [-0.2, 0) is 0 Å². The van der Waals surface area contributed by atoms with E-state index in [1.165, 1.54) is 17.4 Å². The summed E-state index contributed by atoms with van der Waals surface area (Å²) in [6, 6.07) is 16.1.